The topological polar surface area (TPSA) is 17.1 Å². The number of hydrogen-bond donors (Lipinski definition) is 0. The fourth-order valence-electron chi connectivity index (χ4n) is 0.192. The number of halogens is 1. The third kappa shape index (κ3) is 2.79. The first kappa shape index (κ1) is 7.14. The molecule has 0 unspecified atom stereocenters. The van der Waals surface area contributed by atoms with Crippen LogP contribution in [0.5, 0.6) is 0 Å². The molecule has 7 heavy (non-hydrogen) atoms. The van der Waals surface area contributed by atoms with Crippen LogP contribution in [-0.4, -0.2) is 5.78 Å². The first-order valence-electron chi connectivity index (χ1n) is 2.06. The molecule has 0 atom stereocenters. The molecule has 0 rings (SSSR count). The van der Waals surface area contributed by atoms with Crippen LogP contribution in [-0.2, 0) is 4.79 Å². The Hall–Kier alpha value is 0.140. The second-order valence-electron chi connectivity index (χ2n) is 1.18. The highest BCUT2D eigenvalue weighted by atomic mass is 127. The monoisotopic (exact) mass is 210 g/mol. The van der Waals surface area contributed by atoms with Crippen molar-refractivity contribution in [3.05, 3.63) is 10.2 Å². The van der Waals surface area contributed by atoms with Gasteiger partial charge in [-0.3, -0.25) is 4.79 Å². The maximum absolute atomic E-state index is 10.4. The van der Waals surface area contributed by atoms with Crippen molar-refractivity contribution < 1.29 is 4.79 Å². The summed E-state index contributed by atoms with van der Waals surface area (Å²) in [5.41, 5.74) is 0. The second-order valence-corrected chi connectivity index (χ2v) is 2.48. The number of ketones is 1. The molecule has 0 bridgehead atoms. The van der Waals surface area contributed by atoms with E-state index in [0.717, 1.165) is 0 Å². The molecule has 0 fully saturated rings. The van der Waals surface area contributed by atoms with E-state index in [-0.39, 0.29) is 5.78 Å². The van der Waals surface area contributed by atoms with Crippen molar-refractivity contribution in [3.63, 3.8) is 0 Å². The van der Waals surface area contributed by atoms with Crippen molar-refractivity contribution in [3.8, 4) is 0 Å². The van der Waals surface area contributed by atoms with Crippen LogP contribution in [0.25, 0.3) is 0 Å². The predicted molar refractivity (Wildman–Crippen MR) is 38.5 cm³/mol. The van der Waals surface area contributed by atoms with Crippen LogP contribution in [0, 0.1) is 0 Å². The largest absolute Gasteiger partial charge is 0.294 e. The summed E-state index contributed by atoms with van der Waals surface area (Å²) in [5.74, 6) is 0.139. The van der Waals surface area contributed by atoms with E-state index in [4.69, 9.17) is 0 Å². The van der Waals surface area contributed by atoms with Gasteiger partial charge < -0.3 is 0 Å². The molecule has 0 amide bonds. The highest BCUT2D eigenvalue weighted by molar-refractivity contribution is 14.1. The number of hydrogen-bond acceptors (Lipinski definition) is 1. The van der Waals surface area contributed by atoms with Crippen LogP contribution in [0.1, 0.15) is 13.3 Å². The van der Waals surface area contributed by atoms with Crippen molar-refractivity contribution in [1.82, 2.24) is 0 Å². The summed E-state index contributed by atoms with van der Waals surface area (Å²) in [6, 6.07) is 0. The Morgan fingerprint density at radius 2 is 2.29 bits per heavy atom. The van der Waals surface area contributed by atoms with Crippen molar-refractivity contribution in [2.24, 2.45) is 0 Å². The van der Waals surface area contributed by atoms with E-state index in [0.29, 0.717) is 10.0 Å². The molecular weight excluding hydrogens is 203 g/mol. The number of rotatable bonds is 2. The molecule has 0 aromatic carbocycles. The van der Waals surface area contributed by atoms with Gasteiger partial charge in [0.1, 0.15) is 0 Å². The third-order valence-electron chi connectivity index (χ3n) is 0.624. The van der Waals surface area contributed by atoms with E-state index in [2.05, 4.69) is 6.58 Å². The van der Waals surface area contributed by atoms with Gasteiger partial charge in [-0.25, -0.2) is 0 Å². The molecule has 0 saturated heterocycles. The molecule has 0 aromatic heterocycles. The lowest BCUT2D eigenvalue weighted by Crippen LogP contribution is -1.90. The molecule has 0 aliphatic carbocycles. The molecule has 0 N–H and O–H groups in total. The number of allylic oxidation sites excluding steroid dienone is 1. The summed E-state index contributed by atoms with van der Waals surface area (Å²) in [5, 5.41) is 0. The van der Waals surface area contributed by atoms with Gasteiger partial charge in [-0.2, -0.15) is 0 Å². The van der Waals surface area contributed by atoms with Crippen LogP contribution < -0.4 is 0 Å². The molecule has 1 nitrogen and oxygen atoms in total. The van der Waals surface area contributed by atoms with Crippen molar-refractivity contribution in [2.75, 3.05) is 0 Å². The average molecular weight is 210 g/mol. The Labute approximate surface area is 56.9 Å². The average Bonchev–Trinajstić information content (AvgIpc) is 1.65. The molecule has 0 heterocycles. The Balaban J connectivity index is 3.58. The Kier molecular flexibility index (Phi) is 3.25. The van der Waals surface area contributed by atoms with Gasteiger partial charge in [-0.05, 0) is 22.6 Å². The minimum absolute atomic E-state index is 0.139. The zero-order chi connectivity index (χ0) is 5.86. The summed E-state index contributed by atoms with van der Waals surface area (Å²) in [7, 11) is 0. The van der Waals surface area contributed by atoms with Gasteiger partial charge in [0.2, 0.25) is 0 Å². The second kappa shape index (κ2) is 3.18. The van der Waals surface area contributed by atoms with E-state index in [1.54, 1.807) is 0 Å². The zero-order valence-corrected chi connectivity index (χ0v) is 6.36. The normalized spacial score (nSPS) is 8.29. The van der Waals surface area contributed by atoms with Gasteiger partial charge in [0.05, 0.1) is 0 Å². The fraction of sp³-hybridized carbons (Fsp3) is 0.400. The maximum Gasteiger partial charge on any atom is 0.168 e. The Morgan fingerprint density at radius 1 is 1.86 bits per heavy atom. The summed E-state index contributed by atoms with van der Waals surface area (Å²) in [6.45, 7) is 5.29. The van der Waals surface area contributed by atoms with Crippen LogP contribution >= 0.6 is 22.6 Å². The van der Waals surface area contributed by atoms with Crippen LogP contribution in [0.4, 0.5) is 0 Å². The lowest BCUT2D eigenvalue weighted by molar-refractivity contribution is -0.114. The van der Waals surface area contributed by atoms with E-state index >= 15 is 0 Å². The predicted octanol–water partition coefficient (Wildman–Crippen LogP) is 1.91. The SMILES string of the molecule is C=C(I)C(=O)CC. The van der Waals surface area contributed by atoms with Crippen LogP contribution in [0.2, 0.25) is 0 Å². The van der Waals surface area contributed by atoms with Gasteiger partial charge in [0.15, 0.2) is 5.78 Å². The lowest BCUT2D eigenvalue weighted by Gasteiger charge is -1.85. The molecule has 0 aliphatic rings. The van der Waals surface area contributed by atoms with Gasteiger partial charge in [0, 0.05) is 10.0 Å². The first-order chi connectivity index (χ1) is 3.18. The minimum atomic E-state index is 0.139. The molecule has 0 radical (unpaired) electrons. The van der Waals surface area contributed by atoms with E-state index in [1.807, 2.05) is 29.5 Å². The highest BCUT2D eigenvalue weighted by Crippen LogP contribution is 2.04. The van der Waals surface area contributed by atoms with Gasteiger partial charge in [-0.15, -0.1) is 0 Å². The quantitative estimate of drug-likeness (QED) is 0.502. The molecule has 0 spiro atoms. The molecule has 2 heteroatoms. The summed E-state index contributed by atoms with van der Waals surface area (Å²) >= 11 is 1.92. The Bertz CT molecular complexity index is 96.3. The first-order valence-corrected chi connectivity index (χ1v) is 3.14. The maximum atomic E-state index is 10.4. The fourth-order valence-corrected chi connectivity index (χ4v) is 0.573. The number of Topliss-reactive ketones (excluding diaryl/α,β-unsaturated/α-hetero) is 1. The van der Waals surface area contributed by atoms with Gasteiger partial charge in [-0.1, -0.05) is 13.5 Å². The van der Waals surface area contributed by atoms with Crippen molar-refractivity contribution in [2.45, 2.75) is 13.3 Å². The van der Waals surface area contributed by atoms with Crippen LogP contribution in [0.15, 0.2) is 10.2 Å². The van der Waals surface area contributed by atoms with Gasteiger partial charge >= 0.3 is 0 Å². The molecular formula is C5H7IO. The van der Waals surface area contributed by atoms with Crippen LogP contribution in [0.3, 0.4) is 0 Å². The van der Waals surface area contributed by atoms with Crippen molar-refractivity contribution >= 4 is 28.4 Å². The number of carbonyl (C=O) groups excluding carboxylic acids is 1. The summed E-state index contributed by atoms with van der Waals surface area (Å²) in [4.78, 5) is 10.4. The smallest absolute Gasteiger partial charge is 0.168 e. The molecule has 0 aromatic rings. The van der Waals surface area contributed by atoms with Crippen molar-refractivity contribution in [1.29, 1.82) is 0 Å². The molecule has 0 saturated carbocycles. The summed E-state index contributed by atoms with van der Waals surface area (Å²) in [6.07, 6.45) is 0.571. The van der Waals surface area contributed by atoms with E-state index in [1.165, 1.54) is 0 Å². The zero-order valence-electron chi connectivity index (χ0n) is 4.20. The minimum Gasteiger partial charge on any atom is -0.294 e. The third-order valence-corrected chi connectivity index (χ3v) is 1.23. The van der Waals surface area contributed by atoms with E-state index in [9.17, 15) is 4.79 Å². The Morgan fingerprint density at radius 3 is 2.29 bits per heavy atom. The summed E-state index contributed by atoms with van der Waals surface area (Å²) < 4.78 is 0.625. The lowest BCUT2D eigenvalue weighted by atomic mass is 10.3. The highest BCUT2D eigenvalue weighted by Gasteiger charge is 1.95. The number of carbonyl (C=O) groups is 1. The standard InChI is InChI=1S/C5H7IO/c1-3-5(7)4(2)6/h2-3H2,1H3. The molecule has 0 aliphatic heterocycles. The van der Waals surface area contributed by atoms with Gasteiger partial charge in [0.25, 0.3) is 0 Å². The molecule has 40 valence electrons. The van der Waals surface area contributed by atoms with E-state index < -0.39 is 0 Å².